The zero-order chi connectivity index (χ0) is 38.9. The van der Waals surface area contributed by atoms with E-state index in [1.165, 1.54) is 45.9 Å². The molecule has 1 aliphatic heterocycles. The lowest BCUT2D eigenvalue weighted by atomic mass is 9.68. The summed E-state index contributed by atoms with van der Waals surface area (Å²) < 4.78 is 43.5. The smallest absolute Gasteiger partial charge is 0.306 e. The summed E-state index contributed by atoms with van der Waals surface area (Å²) in [7, 11) is 2.21. The van der Waals surface area contributed by atoms with E-state index in [-0.39, 0.29) is 16.5 Å². The summed E-state index contributed by atoms with van der Waals surface area (Å²) in [6, 6.07) is 59.0. The maximum absolute atomic E-state index is 14.5. The largest absolute Gasteiger partial charge is 0.402 e. The average molecular weight is 742 g/mol. The minimum absolute atomic E-state index is 0.0718. The number of nitrogens with zero attached hydrogens (tertiary/aromatic N) is 1. The van der Waals surface area contributed by atoms with E-state index in [4.69, 9.17) is 0 Å². The van der Waals surface area contributed by atoms with Crippen LogP contribution < -0.4 is 0 Å². The maximum atomic E-state index is 14.5. The molecule has 0 aromatic heterocycles. The lowest BCUT2D eigenvalue weighted by Gasteiger charge is -2.42. The van der Waals surface area contributed by atoms with Gasteiger partial charge in [-0.05, 0) is 114 Å². The van der Waals surface area contributed by atoms with Crippen molar-refractivity contribution < 1.29 is 13.2 Å². The molecule has 1 atom stereocenters. The fourth-order valence-electron chi connectivity index (χ4n) is 8.43. The molecule has 0 radical (unpaired) electrons. The summed E-state index contributed by atoms with van der Waals surface area (Å²) in [4.78, 5) is 2.42. The molecule has 1 saturated heterocycles. The Balaban J connectivity index is 1.01. The summed E-state index contributed by atoms with van der Waals surface area (Å²) in [5.41, 5.74) is 11.2. The highest BCUT2D eigenvalue weighted by Gasteiger charge is 2.53. The molecule has 280 valence electrons. The van der Waals surface area contributed by atoms with Gasteiger partial charge in [0.2, 0.25) is 0 Å². The molecule has 0 aliphatic carbocycles. The number of halogens is 3. The van der Waals surface area contributed by atoms with Crippen LogP contribution in [-0.4, -0.2) is 31.2 Å². The van der Waals surface area contributed by atoms with Crippen molar-refractivity contribution in [1.82, 2.24) is 4.90 Å². The van der Waals surface area contributed by atoms with Crippen molar-refractivity contribution in [3.63, 3.8) is 0 Å². The third-order valence-corrected chi connectivity index (χ3v) is 12.3. The molecule has 0 saturated carbocycles. The van der Waals surface area contributed by atoms with Crippen LogP contribution in [-0.2, 0) is 10.8 Å². The predicted octanol–water partition coefficient (Wildman–Crippen LogP) is 13.5. The maximum Gasteiger partial charge on any atom is 0.402 e. The molecule has 8 rings (SSSR count). The second-order valence-electron chi connectivity index (χ2n) is 15.6. The first kappa shape index (κ1) is 37.2. The van der Waals surface area contributed by atoms with Crippen LogP contribution in [0.5, 0.6) is 0 Å². The minimum atomic E-state index is -4.44. The quantitative estimate of drug-likeness (QED) is 0.150. The second kappa shape index (κ2) is 15.1. The van der Waals surface area contributed by atoms with Crippen LogP contribution >= 0.6 is 0 Å². The predicted molar refractivity (Wildman–Crippen MR) is 226 cm³/mol. The number of aryl methyl sites for hydroxylation is 1. The van der Waals surface area contributed by atoms with Crippen molar-refractivity contribution >= 4 is 0 Å². The van der Waals surface area contributed by atoms with Gasteiger partial charge in [-0.15, -0.1) is 0 Å². The Hall–Kier alpha value is -5.71. The van der Waals surface area contributed by atoms with Gasteiger partial charge in [0.25, 0.3) is 0 Å². The van der Waals surface area contributed by atoms with Gasteiger partial charge in [0.1, 0.15) is 5.41 Å². The van der Waals surface area contributed by atoms with E-state index in [0.29, 0.717) is 0 Å². The van der Waals surface area contributed by atoms with E-state index in [1.807, 2.05) is 0 Å². The molecule has 0 spiro atoms. The standard InChI is InChI=1S/C52H46F3N/c1-37-9-11-38(12-10-37)39-13-15-41(16-14-39)44-23-29-48(30-24-44)51(33-35-56(3)36-34-51)49-31-25-45(26-32-49)42-19-17-40(18-20-42)43-21-27-47(28-22-43)50(2,52(53,54)55)46-7-5-4-6-8-46/h4-32H,33-36H2,1-3H3. The van der Waals surface area contributed by atoms with Crippen molar-refractivity contribution in [2.24, 2.45) is 0 Å². The van der Waals surface area contributed by atoms with Crippen molar-refractivity contribution in [3.05, 3.63) is 204 Å². The average Bonchev–Trinajstić information content (AvgIpc) is 3.24. The molecule has 1 fully saturated rings. The first-order chi connectivity index (χ1) is 27.0. The molecule has 1 unspecified atom stereocenters. The Morgan fingerprint density at radius 3 is 1.09 bits per heavy atom. The summed E-state index contributed by atoms with van der Waals surface area (Å²) in [6.45, 7) is 5.44. The van der Waals surface area contributed by atoms with Gasteiger partial charge < -0.3 is 4.90 Å². The summed E-state index contributed by atoms with van der Waals surface area (Å²) in [5, 5.41) is 0. The first-order valence-electron chi connectivity index (χ1n) is 19.4. The molecule has 0 amide bonds. The molecule has 7 aromatic rings. The van der Waals surface area contributed by atoms with Gasteiger partial charge in [0.15, 0.2) is 0 Å². The summed E-state index contributed by atoms with van der Waals surface area (Å²) in [5.74, 6) is 0. The van der Waals surface area contributed by atoms with Gasteiger partial charge in [-0.2, -0.15) is 13.2 Å². The summed E-state index contributed by atoms with van der Waals surface area (Å²) in [6.07, 6.45) is -2.34. The van der Waals surface area contributed by atoms with Crippen molar-refractivity contribution in [1.29, 1.82) is 0 Å². The van der Waals surface area contributed by atoms with Gasteiger partial charge in [0.05, 0.1) is 0 Å². The first-order valence-corrected chi connectivity index (χ1v) is 19.4. The number of benzene rings is 7. The van der Waals surface area contributed by atoms with E-state index in [0.717, 1.165) is 48.2 Å². The molecule has 1 nitrogen and oxygen atoms in total. The Bertz CT molecular complexity index is 2370. The van der Waals surface area contributed by atoms with Gasteiger partial charge in [-0.3, -0.25) is 0 Å². The molecule has 56 heavy (non-hydrogen) atoms. The third kappa shape index (κ3) is 7.10. The SMILES string of the molecule is Cc1ccc(-c2ccc(-c3ccc(C4(c5ccc(-c6ccc(-c7ccc(C(C)(c8ccccc8)C(F)(F)F)cc7)cc6)cc5)CCN(C)CC4)cc3)cc2)cc1. The van der Waals surface area contributed by atoms with E-state index < -0.39 is 11.6 Å². The molecule has 4 heteroatoms. The zero-order valence-electron chi connectivity index (χ0n) is 32.2. The van der Waals surface area contributed by atoms with Crippen LogP contribution in [0.3, 0.4) is 0 Å². The van der Waals surface area contributed by atoms with Gasteiger partial charge in [-0.1, -0.05) is 181 Å². The van der Waals surface area contributed by atoms with E-state index in [9.17, 15) is 13.2 Å². The van der Waals surface area contributed by atoms with Crippen molar-refractivity contribution in [3.8, 4) is 44.5 Å². The Labute approximate surface area is 329 Å². The van der Waals surface area contributed by atoms with E-state index in [1.54, 1.807) is 54.6 Å². The Morgan fingerprint density at radius 2 is 0.732 bits per heavy atom. The fourth-order valence-corrected chi connectivity index (χ4v) is 8.43. The molecule has 1 aliphatic rings. The normalized spacial score (nSPS) is 15.6. The minimum Gasteiger partial charge on any atom is -0.306 e. The van der Waals surface area contributed by atoms with Gasteiger partial charge in [0, 0.05) is 5.41 Å². The van der Waals surface area contributed by atoms with Crippen molar-refractivity contribution in [2.75, 3.05) is 20.1 Å². The zero-order valence-corrected chi connectivity index (χ0v) is 32.2. The second-order valence-corrected chi connectivity index (χ2v) is 15.6. The highest BCUT2D eigenvalue weighted by molar-refractivity contribution is 5.73. The van der Waals surface area contributed by atoms with Gasteiger partial charge in [-0.25, -0.2) is 0 Å². The number of likely N-dealkylation sites (tertiary alicyclic amines) is 1. The topological polar surface area (TPSA) is 3.24 Å². The molecule has 1 heterocycles. The molecule has 0 N–H and O–H groups in total. The highest BCUT2D eigenvalue weighted by Crippen LogP contribution is 2.47. The number of hydrogen-bond donors (Lipinski definition) is 0. The number of piperidine rings is 1. The number of alkyl halides is 3. The molecular formula is C52H46F3N. The van der Waals surface area contributed by atoms with E-state index in [2.05, 4.69) is 140 Å². The van der Waals surface area contributed by atoms with Crippen LogP contribution in [0, 0.1) is 6.92 Å². The molecular weight excluding hydrogens is 696 g/mol. The van der Waals surface area contributed by atoms with Crippen LogP contribution in [0.2, 0.25) is 0 Å². The molecule has 0 bridgehead atoms. The number of rotatable bonds is 8. The van der Waals surface area contributed by atoms with Crippen LogP contribution in [0.1, 0.15) is 47.6 Å². The number of hydrogen-bond acceptors (Lipinski definition) is 1. The van der Waals surface area contributed by atoms with Crippen LogP contribution in [0.25, 0.3) is 44.5 Å². The Morgan fingerprint density at radius 1 is 0.429 bits per heavy atom. The van der Waals surface area contributed by atoms with E-state index >= 15 is 0 Å². The van der Waals surface area contributed by atoms with Gasteiger partial charge >= 0.3 is 6.18 Å². The Kier molecular flexibility index (Phi) is 10.0. The lowest BCUT2D eigenvalue weighted by Crippen LogP contribution is -2.41. The summed E-state index contributed by atoms with van der Waals surface area (Å²) >= 11 is 0. The van der Waals surface area contributed by atoms with Crippen LogP contribution in [0.4, 0.5) is 13.2 Å². The highest BCUT2D eigenvalue weighted by atomic mass is 19.4. The third-order valence-electron chi connectivity index (χ3n) is 12.3. The molecule has 7 aromatic carbocycles. The van der Waals surface area contributed by atoms with Crippen LogP contribution in [0.15, 0.2) is 176 Å². The monoisotopic (exact) mass is 741 g/mol. The fraction of sp³-hybridized carbons (Fsp3) is 0.192. The van der Waals surface area contributed by atoms with Crippen molar-refractivity contribution in [2.45, 2.75) is 43.7 Å². The lowest BCUT2D eigenvalue weighted by molar-refractivity contribution is -0.173.